The van der Waals surface area contributed by atoms with Gasteiger partial charge in [0.2, 0.25) is 5.91 Å². The maximum atomic E-state index is 13.1. The number of nitrogens with zero attached hydrogens (tertiary/aromatic N) is 2. The van der Waals surface area contributed by atoms with Gasteiger partial charge in [-0.25, -0.2) is 9.18 Å². The molecular formula is C15H16FN3O4. The summed E-state index contributed by atoms with van der Waals surface area (Å²) in [5.74, 6) is -1.30. The van der Waals surface area contributed by atoms with E-state index in [1.54, 1.807) is 7.05 Å². The van der Waals surface area contributed by atoms with Crippen LogP contribution in [0.3, 0.4) is 0 Å². The van der Waals surface area contributed by atoms with Gasteiger partial charge in [-0.3, -0.25) is 9.59 Å². The van der Waals surface area contributed by atoms with Gasteiger partial charge in [0.15, 0.2) is 5.60 Å². The number of likely N-dealkylation sites (tertiary alicyclic amines) is 1. The molecule has 0 aromatic heterocycles. The van der Waals surface area contributed by atoms with Gasteiger partial charge in [-0.2, -0.15) is 0 Å². The Bertz CT molecular complexity index is 672. The zero-order valence-corrected chi connectivity index (χ0v) is 12.5. The number of nitrogens with one attached hydrogen (secondary N) is 1. The maximum Gasteiger partial charge on any atom is 0.410 e. The predicted molar refractivity (Wildman–Crippen MR) is 77.2 cm³/mol. The van der Waals surface area contributed by atoms with E-state index in [1.165, 1.54) is 28.0 Å². The van der Waals surface area contributed by atoms with E-state index in [9.17, 15) is 18.8 Å². The van der Waals surface area contributed by atoms with Gasteiger partial charge in [-0.05, 0) is 18.2 Å². The van der Waals surface area contributed by atoms with Crippen LogP contribution in [0.5, 0.6) is 0 Å². The SMILES string of the molecule is CN1CC2(CN(C(=O)CNC(=O)c3cccc(F)c3)C2)OC1=O. The summed E-state index contributed by atoms with van der Waals surface area (Å²) in [6.07, 6.45) is -0.392. The molecule has 2 aliphatic heterocycles. The smallest absolute Gasteiger partial charge is 0.410 e. The number of hydrogen-bond donors (Lipinski definition) is 1. The second kappa shape index (κ2) is 5.53. The number of amides is 3. The zero-order valence-electron chi connectivity index (χ0n) is 12.5. The molecule has 1 N–H and O–H groups in total. The molecule has 8 heteroatoms. The van der Waals surface area contributed by atoms with E-state index in [0.717, 1.165) is 6.07 Å². The van der Waals surface area contributed by atoms with Crippen LogP contribution < -0.4 is 5.32 Å². The summed E-state index contributed by atoms with van der Waals surface area (Å²) >= 11 is 0. The lowest BCUT2D eigenvalue weighted by Gasteiger charge is -2.45. The number of likely N-dealkylation sites (N-methyl/N-ethyl adjacent to an activating group) is 1. The number of halogens is 1. The van der Waals surface area contributed by atoms with Crippen LogP contribution in [0.4, 0.5) is 9.18 Å². The lowest BCUT2D eigenvalue weighted by Crippen LogP contribution is -2.66. The van der Waals surface area contributed by atoms with E-state index in [2.05, 4.69) is 5.32 Å². The number of carbonyl (C=O) groups is 3. The molecule has 1 spiro atoms. The fourth-order valence-corrected chi connectivity index (χ4v) is 2.78. The van der Waals surface area contributed by atoms with Crippen molar-refractivity contribution < 1.29 is 23.5 Å². The van der Waals surface area contributed by atoms with Crippen molar-refractivity contribution in [3.63, 3.8) is 0 Å². The van der Waals surface area contributed by atoms with Crippen LogP contribution >= 0.6 is 0 Å². The molecule has 3 rings (SSSR count). The summed E-state index contributed by atoms with van der Waals surface area (Å²) in [5.41, 5.74) is -0.460. The third-order valence-electron chi connectivity index (χ3n) is 3.94. The minimum Gasteiger partial charge on any atom is -0.437 e. The topological polar surface area (TPSA) is 78.9 Å². The van der Waals surface area contributed by atoms with E-state index in [-0.39, 0.29) is 18.0 Å². The Morgan fingerprint density at radius 1 is 1.35 bits per heavy atom. The molecule has 2 heterocycles. The first kappa shape index (κ1) is 15.3. The molecule has 7 nitrogen and oxygen atoms in total. The monoisotopic (exact) mass is 321 g/mol. The predicted octanol–water partition coefficient (Wildman–Crippen LogP) is 0.219. The average molecular weight is 321 g/mol. The molecule has 1 aromatic rings. The van der Waals surface area contributed by atoms with Crippen molar-refractivity contribution >= 4 is 17.9 Å². The minimum atomic E-state index is -0.617. The van der Waals surface area contributed by atoms with E-state index < -0.39 is 23.4 Å². The molecule has 1 aromatic carbocycles. The van der Waals surface area contributed by atoms with Gasteiger partial charge in [0.05, 0.1) is 26.2 Å². The van der Waals surface area contributed by atoms with Crippen LogP contribution in [0, 0.1) is 5.82 Å². The second-order valence-corrected chi connectivity index (χ2v) is 5.85. The molecule has 2 fully saturated rings. The van der Waals surface area contributed by atoms with Crippen molar-refractivity contribution in [2.24, 2.45) is 0 Å². The van der Waals surface area contributed by atoms with Crippen molar-refractivity contribution in [2.45, 2.75) is 5.60 Å². The normalized spacial score (nSPS) is 18.6. The Morgan fingerprint density at radius 3 is 2.70 bits per heavy atom. The summed E-state index contributed by atoms with van der Waals surface area (Å²) in [4.78, 5) is 38.2. The van der Waals surface area contributed by atoms with Gasteiger partial charge in [0, 0.05) is 12.6 Å². The number of benzene rings is 1. The summed E-state index contributed by atoms with van der Waals surface area (Å²) in [6, 6.07) is 5.24. The van der Waals surface area contributed by atoms with E-state index in [1.807, 2.05) is 0 Å². The Balaban J connectivity index is 1.48. The summed E-state index contributed by atoms with van der Waals surface area (Å²) in [6.45, 7) is 0.899. The van der Waals surface area contributed by atoms with Gasteiger partial charge in [-0.15, -0.1) is 0 Å². The Hall–Kier alpha value is -2.64. The second-order valence-electron chi connectivity index (χ2n) is 5.85. The Kier molecular flexibility index (Phi) is 3.67. The molecule has 2 aliphatic rings. The van der Waals surface area contributed by atoms with Crippen molar-refractivity contribution in [3.05, 3.63) is 35.6 Å². The molecule has 0 unspecified atom stereocenters. The number of ether oxygens (including phenoxy) is 1. The molecule has 0 bridgehead atoms. The van der Waals surface area contributed by atoms with Gasteiger partial charge in [0.25, 0.3) is 5.91 Å². The molecule has 0 radical (unpaired) electrons. The molecule has 0 aliphatic carbocycles. The van der Waals surface area contributed by atoms with Crippen molar-refractivity contribution in [1.29, 1.82) is 0 Å². The van der Waals surface area contributed by atoms with Gasteiger partial charge in [0.1, 0.15) is 5.82 Å². The van der Waals surface area contributed by atoms with E-state index >= 15 is 0 Å². The Morgan fingerprint density at radius 2 is 2.09 bits per heavy atom. The van der Waals surface area contributed by atoms with Crippen LogP contribution in [0.1, 0.15) is 10.4 Å². The first-order chi connectivity index (χ1) is 10.9. The van der Waals surface area contributed by atoms with Gasteiger partial charge < -0.3 is 19.9 Å². The highest BCUT2D eigenvalue weighted by Crippen LogP contribution is 2.31. The summed E-state index contributed by atoms with van der Waals surface area (Å²) in [7, 11) is 1.64. The summed E-state index contributed by atoms with van der Waals surface area (Å²) in [5, 5.41) is 2.46. The largest absolute Gasteiger partial charge is 0.437 e. The van der Waals surface area contributed by atoms with Gasteiger partial charge >= 0.3 is 6.09 Å². The summed E-state index contributed by atoms with van der Waals surface area (Å²) < 4.78 is 18.3. The fraction of sp³-hybridized carbons (Fsp3) is 0.400. The molecule has 122 valence electrons. The van der Waals surface area contributed by atoms with Crippen LogP contribution in [0.2, 0.25) is 0 Å². The minimum absolute atomic E-state index is 0.157. The molecule has 23 heavy (non-hydrogen) atoms. The van der Waals surface area contributed by atoms with E-state index in [4.69, 9.17) is 4.74 Å². The van der Waals surface area contributed by atoms with Gasteiger partial charge in [-0.1, -0.05) is 6.07 Å². The number of carbonyl (C=O) groups excluding carboxylic acids is 3. The van der Waals surface area contributed by atoms with Crippen molar-refractivity contribution in [2.75, 3.05) is 33.2 Å². The highest BCUT2D eigenvalue weighted by atomic mass is 19.1. The fourth-order valence-electron chi connectivity index (χ4n) is 2.78. The lowest BCUT2D eigenvalue weighted by atomic mass is 9.94. The highest BCUT2D eigenvalue weighted by Gasteiger charge is 2.53. The standard InChI is InChI=1S/C15H16FN3O4/c1-18-7-15(23-14(18)22)8-19(9-15)12(20)6-17-13(21)10-3-2-4-11(16)5-10/h2-5H,6-9H2,1H3,(H,17,21). The van der Waals surface area contributed by atoms with Crippen molar-refractivity contribution in [1.82, 2.24) is 15.1 Å². The van der Waals surface area contributed by atoms with Crippen LogP contribution in [-0.2, 0) is 9.53 Å². The lowest BCUT2D eigenvalue weighted by molar-refractivity contribution is -0.148. The number of rotatable bonds is 3. The van der Waals surface area contributed by atoms with Crippen molar-refractivity contribution in [3.8, 4) is 0 Å². The molecule has 2 saturated heterocycles. The molecule has 0 saturated carbocycles. The third-order valence-corrected chi connectivity index (χ3v) is 3.94. The first-order valence-corrected chi connectivity index (χ1v) is 7.14. The molecular weight excluding hydrogens is 305 g/mol. The zero-order chi connectivity index (χ0) is 16.6. The highest BCUT2D eigenvalue weighted by molar-refractivity contribution is 5.96. The molecule has 3 amide bonds. The van der Waals surface area contributed by atoms with E-state index in [0.29, 0.717) is 19.6 Å². The third kappa shape index (κ3) is 2.96. The average Bonchev–Trinajstić information content (AvgIpc) is 2.78. The Labute approximate surface area is 132 Å². The van der Waals surface area contributed by atoms with Crippen LogP contribution in [0.15, 0.2) is 24.3 Å². The quantitative estimate of drug-likeness (QED) is 0.864. The first-order valence-electron chi connectivity index (χ1n) is 7.14. The van der Waals surface area contributed by atoms with Crippen LogP contribution in [0.25, 0.3) is 0 Å². The maximum absolute atomic E-state index is 13.1. The number of hydrogen-bond acceptors (Lipinski definition) is 4. The molecule has 0 atom stereocenters. The van der Waals surface area contributed by atoms with Crippen LogP contribution in [-0.4, -0.2) is 66.5 Å².